The second kappa shape index (κ2) is 2.52. The molecule has 68 valence electrons. The Hall–Kier alpha value is -1.45. The fourth-order valence-corrected chi connectivity index (χ4v) is 1.12. The van der Waals surface area contributed by atoms with Gasteiger partial charge in [0, 0.05) is 0 Å². The molecule has 2 rings (SSSR count). The summed E-state index contributed by atoms with van der Waals surface area (Å²) in [4.78, 5) is 8.18. The van der Waals surface area contributed by atoms with Crippen LogP contribution < -0.4 is 0 Å². The topological polar surface area (TPSA) is 43.6 Å². The second-order valence-corrected chi connectivity index (χ2v) is 4.03. The molecule has 0 unspecified atom stereocenters. The zero-order valence-electron chi connectivity index (χ0n) is 8.02. The summed E-state index contributed by atoms with van der Waals surface area (Å²) in [5.74, 6) is 0. The van der Waals surface area contributed by atoms with Gasteiger partial charge in [-0.1, -0.05) is 0 Å². The van der Waals surface area contributed by atoms with Crippen molar-refractivity contribution in [3.8, 4) is 11.4 Å². The monoisotopic (exact) mass is 176 g/mol. The molecule has 0 amide bonds. The van der Waals surface area contributed by atoms with Crippen LogP contribution in [0.25, 0.3) is 11.4 Å². The van der Waals surface area contributed by atoms with Crippen LogP contribution in [0.3, 0.4) is 0 Å². The zero-order chi connectivity index (χ0) is 9.47. The van der Waals surface area contributed by atoms with Gasteiger partial charge >= 0.3 is 0 Å². The van der Waals surface area contributed by atoms with E-state index in [9.17, 15) is 0 Å². The van der Waals surface area contributed by atoms with Crippen molar-refractivity contribution in [1.82, 2.24) is 19.7 Å². The van der Waals surface area contributed by atoms with Gasteiger partial charge in [0.05, 0.1) is 17.9 Å². The first-order valence-corrected chi connectivity index (χ1v) is 4.23. The Morgan fingerprint density at radius 1 is 1.15 bits per heavy atom. The van der Waals surface area contributed by atoms with Gasteiger partial charge in [-0.2, -0.15) is 5.10 Å². The number of hydrogen-bond acceptors (Lipinski definition) is 3. The highest BCUT2D eigenvalue weighted by molar-refractivity contribution is 5.51. The molecule has 2 aliphatic rings. The van der Waals surface area contributed by atoms with Gasteiger partial charge in [-0.3, -0.25) is 4.68 Å². The van der Waals surface area contributed by atoms with Crippen molar-refractivity contribution in [2.45, 2.75) is 26.3 Å². The van der Waals surface area contributed by atoms with Gasteiger partial charge in [-0.15, -0.1) is 0 Å². The van der Waals surface area contributed by atoms with Crippen LogP contribution in [-0.2, 0) is 5.54 Å². The molecule has 0 saturated carbocycles. The van der Waals surface area contributed by atoms with Crippen molar-refractivity contribution in [3.63, 3.8) is 0 Å². The van der Waals surface area contributed by atoms with E-state index in [0.717, 1.165) is 11.4 Å². The van der Waals surface area contributed by atoms with Gasteiger partial charge in [0.2, 0.25) is 0 Å². The summed E-state index contributed by atoms with van der Waals surface area (Å²) in [6.45, 7) is 6.30. The van der Waals surface area contributed by atoms with E-state index >= 15 is 0 Å². The maximum Gasteiger partial charge on any atom is 0.117 e. The van der Waals surface area contributed by atoms with Crippen molar-refractivity contribution in [2.24, 2.45) is 0 Å². The molecule has 0 radical (unpaired) electrons. The predicted molar refractivity (Wildman–Crippen MR) is 49.4 cm³/mol. The molecule has 0 bridgehead atoms. The summed E-state index contributed by atoms with van der Waals surface area (Å²) in [5.41, 5.74) is 1.73. The quantitative estimate of drug-likeness (QED) is 0.611. The molecule has 0 fully saturated rings. The van der Waals surface area contributed by atoms with Crippen molar-refractivity contribution < 1.29 is 0 Å². The third kappa shape index (κ3) is 1.39. The molecule has 0 spiro atoms. The number of rotatable bonds is 0. The Balaban J connectivity index is 2.56. The molecule has 0 aromatic heterocycles. The standard InChI is InChI=1S/C9H12N4/c1-9(2,3)13-5-8-7(4-12-13)10-6-11-8/h4-6H,1-3H3. The van der Waals surface area contributed by atoms with Crippen LogP contribution in [0.4, 0.5) is 0 Å². The third-order valence-electron chi connectivity index (χ3n) is 1.89. The van der Waals surface area contributed by atoms with Gasteiger partial charge in [0.1, 0.15) is 17.7 Å². The fraction of sp³-hybridized carbons (Fsp3) is 0.444. The van der Waals surface area contributed by atoms with Crippen LogP contribution in [0.2, 0.25) is 0 Å². The minimum atomic E-state index is -0.00681. The van der Waals surface area contributed by atoms with Crippen LogP contribution in [0.1, 0.15) is 20.8 Å². The maximum absolute atomic E-state index is 4.26. The number of nitrogens with zero attached hydrogens (tertiary/aromatic N) is 4. The molecule has 0 atom stereocenters. The Labute approximate surface area is 77.0 Å². The molecule has 13 heavy (non-hydrogen) atoms. The Morgan fingerprint density at radius 3 is 2.54 bits per heavy atom. The van der Waals surface area contributed by atoms with Crippen LogP contribution in [0, 0.1) is 0 Å². The molecular weight excluding hydrogens is 164 g/mol. The molecule has 4 nitrogen and oxygen atoms in total. The highest BCUT2D eigenvalue weighted by atomic mass is 15.3. The van der Waals surface area contributed by atoms with E-state index in [1.807, 2.05) is 10.9 Å². The van der Waals surface area contributed by atoms with E-state index in [0.29, 0.717) is 0 Å². The summed E-state index contributed by atoms with van der Waals surface area (Å²) in [5, 5.41) is 4.26. The molecule has 2 aliphatic heterocycles. The lowest BCUT2D eigenvalue weighted by Gasteiger charge is -2.21. The van der Waals surface area contributed by atoms with Crippen molar-refractivity contribution in [2.75, 3.05) is 0 Å². The molecule has 0 N–H and O–H groups in total. The van der Waals surface area contributed by atoms with Crippen LogP contribution in [0.15, 0.2) is 18.7 Å². The first kappa shape index (κ1) is 8.16. The van der Waals surface area contributed by atoms with E-state index in [4.69, 9.17) is 0 Å². The van der Waals surface area contributed by atoms with E-state index < -0.39 is 0 Å². The van der Waals surface area contributed by atoms with Crippen molar-refractivity contribution in [3.05, 3.63) is 18.7 Å². The van der Waals surface area contributed by atoms with Crippen LogP contribution >= 0.6 is 0 Å². The van der Waals surface area contributed by atoms with Crippen molar-refractivity contribution in [1.29, 1.82) is 0 Å². The first-order chi connectivity index (χ1) is 6.07. The van der Waals surface area contributed by atoms with Gasteiger partial charge in [-0.25, -0.2) is 9.97 Å². The van der Waals surface area contributed by atoms with E-state index in [1.54, 1.807) is 12.5 Å². The van der Waals surface area contributed by atoms with E-state index in [-0.39, 0.29) is 5.54 Å². The van der Waals surface area contributed by atoms with Gasteiger partial charge in [0.15, 0.2) is 0 Å². The fourth-order valence-electron chi connectivity index (χ4n) is 1.12. The average molecular weight is 176 g/mol. The second-order valence-electron chi connectivity index (χ2n) is 4.03. The lowest BCUT2D eigenvalue weighted by atomic mass is 10.1. The smallest absolute Gasteiger partial charge is 0.117 e. The largest absolute Gasteiger partial charge is 0.265 e. The van der Waals surface area contributed by atoms with Crippen LogP contribution in [-0.4, -0.2) is 19.7 Å². The summed E-state index contributed by atoms with van der Waals surface area (Å²) < 4.78 is 1.89. The van der Waals surface area contributed by atoms with Crippen LogP contribution in [0.5, 0.6) is 0 Å². The average Bonchev–Trinajstić information content (AvgIpc) is 2.47. The Morgan fingerprint density at radius 2 is 1.85 bits per heavy atom. The van der Waals surface area contributed by atoms with Gasteiger partial charge < -0.3 is 0 Å². The number of aromatic nitrogens is 4. The summed E-state index contributed by atoms with van der Waals surface area (Å²) in [6.07, 6.45) is 5.22. The van der Waals surface area contributed by atoms with E-state index in [2.05, 4.69) is 35.8 Å². The highest BCUT2D eigenvalue weighted by Crippen LogP contribution is 2.18. The van der Waals surface area contributed by atoms with Gasteiger partial charge in [-0.05, 0) is 20.8 Å². The Bertz CT molecular complexity index is 385. The molecule has 2 heterocycles. The SMILES string of the molecule is CC(C)(C)n1cc2ncnc-2cn1. The molecule has 0 aromatic rings. The van der Waals surface area contributed by atoms with Crippen molar-refractivity contribution >= 4 is 0 Å². The lowest BCUT2D eigenvalue weighted by Crippen LogP contribution is -2.24. The van der Waals surface area contributed by atoms with Gasteiger partial charge in [0.25, 0.3) is 0 Å². The van der Waals surface area contributed by atoms with E-state index in [1.165, 1.54) is 0 Å². The molecule has 0 saturated heterocycles. The lowest BCUT2D eigenvalue weighted by molar-refractivity contribution is 0.349. The number of hydrogen-bond donors (Lipinski definition) is 0. The molecular formula is C9H12N4. The molecule has 4 heteroatoms. The summed E-state index contributed by atoms with van der Waals surface area (Å²) in [7, 11) is 0. The molecule has 0 aliphatic carbocycles. The number of fused-ring (bicyclic) bond motifs is 1. The zero-order valence-corrected chi connectivity index (χ0v) is 8.02. The normalized spacial score (nSPS) is 12.2. The highest BCUT2D eigenvalue weighted by Gasteiger charge is 2.15. The minimum absolute atomic E-state index is 0.00681. The Kier molecular flexibility index (Phi) is 1.58. The predicted octanol–water partition coefficient (Wildman–Crippen LogP) is 1.53. The summed E-state index contributed by atoms with van der Waals surface area (Å²) in [6, 6.07) is 0. The summed E-state index contributed by atoms with van der Waals surface area (Å²) >= 11 is 0. The number of imidazole rings is 1. The minimum Gasteiger partial charge on any atom is -0.265 e. The third-order valence-corrected chi connectivity index (χ3v) is 1.89. The molecule has 0 aromatic carbocycles. The first-order valence-electron chi connectivity index (χ1n) is 4.23. The maximum atomic E-state index is 4.26.